The number of rotatable bonds is 7. The summed E-state index contributed by atoms with van der Waals surface area (Å²) in [6, 6.07) is 11.5. The molecular weight excluding hydrogens is 272 g/mol. The zero-order chi connectivity index (χ0) is 14.2. The smallest absolute Gasteiger partial charge is 0.130 e. The van der Waals surface area contributed by atoms with Crippen molar-refractivity contribution in [2.24, 2.45) is 0 Å². The van der Waals surface area contributed by atoms with Crippen molar-refractivity contribution in [1.29, 1.82) is 0 Å². The van der Waals surface area contributed by atoms with E-state index in [9.17, 15) is 0 Å². The van der Waals surface area contributed by atoms with E-state index in [1.807, 2.05) is 36.4 Å². The van der Waals surface area contributed by atoms with Crippen LogP contribution in [0.4, 0.5) is 0 Å². The van der Waals surface area contributed by atoms with Crippen LogP contribution in [0.2, 0.25) is 5.02 Å². The van der Waals surface area contributed by atoms with Gasteiger partial charge in [-0.05, 0) is 37.2 Å². The molecule has 2 aromatic rings. The van der Waals surface area contributed by atoms with Gasteiger partial charge in [-0.1, -0.05) is 30.7 Å². The molecule has 1 N–H and O–H groups in total. The summed E-state index contributed by atoms with van der Waals surface area (Å²) in [6.45, 7) is 4.26. The van der Waals surface area contributed by atoms with Gasteiger partial charge in [-0.15, -0.1) is 0 Å². The van der Waals surface area contributed by atoms with E-state index >= 15 is 0 Å². The molecule has 0 saturated carbocycles. The van der Waals surface area contributed by atoms with Gasteiger partial charge in [0.25, 0.3) is 0 Å². The number of pyridine rings is 1. The predicted octanol–water partition coefficient (Wildman–Crippen LogP) is 3.81. The maximum Gasteiger partial charge on any atom is 0.130 e. The van der Waals surface area contributed by atoms with Crippen molar-refractivity contribution in [3.63, 3.8) is 0 Å². The normalized spacial score (nSPS) is 10.5. The number of hydrogen-bond donors (Lipinski definition) is 1. The fourth-order valence-electron chi connectivity index (χ4n) is 1.87. The zero-order valence-electron chi connectivity index (χ0n) is 11.6. The lowest BCUT2D eigenvalue weighted by molar-refractivity contribution is 0.297. The van der Waals surface area contributed by atoms with Crippen LogP contribution >= 0.6 is 11.6 Å². The minimum atomic E-state index is 0.446. The molecule has 0 aliphatic heterocycles. The lowest BCUT2D eigenvalue weighted by Gasteiger charge is -2.13. The Morgan fingerprint density at radius 1 is 1.20 bits per heavy atom. The SMILES string of the molecule is CCCNCc1c(Cl)cccc1OCc1ccccn1. The van der Waals surface area contributed by atoms with Crippen LogP contribution < -0.4 is 10.1 Å². The molecule has 0 radical (unpaired) electrons. The maximum atomic E-state index is 6.25. The zero-order valence-corrected chi connectivity index (χ0v) is 12.4. The van der Waals surface area contributed by atoms with Crippen molar-refractivity contribution in [2.75, 3.05) is 6.54 Å². The highest BCUT2D eigenvalue weighted by Crippen LogP contribution is 2.26. The van der Waals surface area contributed by atoms with Crippen LogP contribution in [0.25, 0.3) is 0 Å². The van der Waals surface area contributed by atoms with Crippen LogP contribution in [0.15, 0.2) is 42.6 Å². The Morgan fingerprint density at radius 2 is 2.10 bits per heavy atom. The van der Waals surface area contributed by atoms with E-state index in [0.717, 1.165) is 35.0 Å². The molecule has 0 atom stereocenters. The first-order valence-corrected chi connectivity index (χ1v) is 7.20. The van der Waals surface area contributed by atoms with Gasteiger partial charge in [-0.2, -0.15) is 0 Å². The first kappa shape index (κ1) is 14.8. The van der Waals surface area contributed by atoms with Crippen molar-refractivity contribution in [1.82, 2.24) is 10.3 Å². The summed E-state index contributed by atoms with van der Waals surface area (Å²) in [4.78, 5) is 4.25. The summed E-state index contributed by atoms with van der Waals surface area (Å²) < 4.78 is 5.85. The van der Waals surface area contributed by atoms with Crippen LogP contribution in [-0.2, 0) is 13.2 Å². The summed E-state index contributed by atoms with van der Waals surface area (Å²) in [5.41, 5.74) is 1.90. The van der Waals surface area contributed by atoms with Gasteiger partial charge in [0.2, 0.25) is 0 Å². The van der Waals surface area contributed by atoms with Crippen molar-refractivity contribution >= 4 is 11.6 Å². The quantitative estimate of drug-likeness (QED) is 0.787. The second-order valence-electron chi connectivity index (χ2n) is 4.50. The highest BCUT2D eigenvalue weighted by molar-refractivity contribution is 6.31. The van der Waals surface area contributed by atoms with Crippen molar-refractivity contribution in [2.45, 2.75) is 26.5 Å². The third-order valence-electron chi connectivity index (χ3n) is 2.91. The predicted molar refractivity (Wildman–Crippen MR) is 82.0 cm³/mol. The molecule has 2 rings (SSSR count). The number of benzene rings is 1. The first-order valence-electron chi connectivity index (χ1n) is 6.82. The van der Waals surface area contributed by atoms with Crippen LogP contribution in [-0.4, -0.2) is 11.5 Å². The van der Waals surface area contributed by atoms with Crippen LogP contribution in [0.1, 0.15) is 24.6 Å². The summed E-state index contributed by atoms with van der Waals surface area (Å²) in [6.07, 6.45) is 2.86. The van der Waals surface area contributed by atoms with Crippen LogP contribution in [0, 0.1) is 0 Å². The third-order valence-corrected chi connectivity index (χ3v) is 3.26. The van der Waals surface area contributed by atoms with E-state index in [2.05, 4.69) is 17.2 Å². The Balaban J connectivity index is 2.04. The van der Waals surface area contributed by atoms with E-state index in [4.69, 9.17) is 16.3 Å². The molecule has 1 aromatic carbocycles. The topological polar surface area (TPSA) is 34.1 Å². The standard InChI is InChI=1S/C16H19ClN2O/c1-2-9-18-11-14-15(17)7-5-8-16(14)20-12-13-6-3-4-10-19-13/h3-8,10,18H,2,9,11-12H2,1H3. The summed E-state index contributed by atoms with van der Waals surface area (Å²) in [5, 5.41) is 4.08. The number of nitrogens with one attached hydrogen (secondary N) is 1. The molecule has 0 amide bonds. The second kappa shape index (κ2) is 7.88. The molecule has 0 unspecified atom stereocenters. The number of ether oxygens (including phenoxy) is 1. The lowest BCUT2D eigenvalue weighted by atomic mass is 10.2. The van der Waals surface area contributed by atoms with Crippen molar-refractivity contribution in [3.8, 4) is 5.75 Å². The average molecular weight is 291 g/mol. The minimum Gasteiger partial charge on any atom is -0.487 e. The minimum absolute atomic E-state index is 0.446. The number of halogens is 1. The van der Waals surface area contributed by atoms with Gasteiger partial charge in [0.05, 0.1) is 5.69 Å². The van der Waals surface area contributed by atoms with E-state index in [1.165, 1.54) is 0 Å². The van der Waals surface area contributed by atoms with Gasteiger partial charge >= 0.3 is 0 Å². The average Bonchev–Trinajstić information content (AvgIpc) is 2.48. The molecule has 0 aliphatic rings. The van der Waals surface area contributed by atoms with Gasteiger partial charge in [-0.25, -0.2) is 0 Å². The van der Waals surface area contributed by atoms with Crippen molar-refractivity contribution in [3.05, 3.63) is 58.9 Å². The molecule has 0 aliphatic carbocycles. The molecular formula is C16H19ClN2O. The fraction of sp³-hybridized carbons (Fsp3) is 0.312. The Bertz CT molecular complexity index is 531. The maximum absolute atomic E-state index is 6.25. The Morgan fingerprint density at radius 3 is 2.85 bits per heavy atom. The second-order valence-corrected chi connectivity index (χ2v) is 4.91. The Kier molecular flexibility index (Phi) is 5.84. The van der Waals surface area contributed by atoms with Gasteiger partial charge in [0, 0.05) is 23.3 Å². The first-order chi connectivity index (χ1) is 9.81. The molecule has 4 heteroatoms. The van der Waals surface area contributed by atoms with Gasteiger partial charge in [0.15, 0.2) is 0 Å². The van der Waals surface area contributed by atoms with E-state index in [-0.39, 0.29) is 0 Å². The van der Waals surface area contributed by atoms with E-state index < -0.39 is 0 Å². The summed E-state index contributed by atoms with van der Waals surface area (Å²) >= 11 is 6.25. The van der Waals surface area contributed by atoms with E-state index in [1.54, 1.807) is 6.20 Å². The van der Waals surface area contributed by atoms with E-state index in [0.29, 0.717) is 13.2 Å². The number of aromatic nitrogens is 1. The molecule has 106 valence electrons. The van der Waals surface area contributed by atoms with Gasteiger partial charge in [-0.3, -0.25) is 4.98 Å². The lowest BCUT2D eigenvalue weighted by Crippen LogP contribution is -2.15. The fourth-order valence-corrected chi connectivity index (χ4v) is 2.10. The highest BCUT2D eigenvalue weighted by atomic mass is 35.5. The third kappa shape index (κ3) is 4.22. The molecule has 0 saturated heterocycles. The largest absolute Gasteiger partial charge is 0.487 e. The highest BCUT2D eigenvalue weighted by Gasteiger charge is 2.08. The van der Waals surface area contributed by atoms with Gasteiger partial charge in [0.1, 0.15) is 12.4 Å². The van der Waals surface area contributed by atoms with Crippen LogP contribution in [0.5, 0.6) is 5.75 Å². The Hall–Kier alpha value is -1.58. The molecule has 0 bridgehead atoms. The Labute approximate surface area is 124 Å². The number of nitrogens with zero attached hydrogens (tertiary/aromatic N) is 1. The molecule has 0 spiro atoms. The van der Waals surface area contributed by atoms with Gasteiger partial charge < -0.3 is 10.1 Å². The van der Waals surface area contributed by atoms with Crippen LogP contribution in [0.3, 0.4) is 0 Å². The summed E-state index contributed by atoms with van der Waals surface area (Å²) in [5.74, 6) is 0.812. The van der Waals surface area contributed by atoms with Crippen molar-refractivity contribution < 1.29 is 4.74 Å². The number of hydrogen-bond acceptors (Lipinski definition) is 3. The molecule has 1 aromatic heterocycles. The summed E-state index contributed by atoms with van der Waals surface area (Å²) in [7, 11) is 0. The monoisotopic (exact) mass is 290 g/mol. The molecule has 20 heavy (non-hydrogen) atoms. The molecule has 1 heterocycles. The molecule has 3 nitrogen and oxygen atoms in total. The molecule has 0 fully saturated rings.